The molecule has 0 aromatic rings. The van der Waals surface area contributed by atoms with Gasteiger partial charge in [-0.3, -0.25) is 0 Å². The molecule has 0 spiro atoms. The maximum atomic E-state index is 11.7. The Morgan fingerprint density at radius 1 is 1.60 bits per heavy atom. The van der Waals surface area contributed by atoms with E-state index in [0.29, 0.717) is 6.04 Å². The number of rotatable bonds is 1. The molecule has 0 aromatic carbocycles. The SMILES string of the molecule is CC(C)S1(=O)=N[C@H](C)CC1. The van der Waals surface area contributed by atoms with Gasteiger partial charge in [0.15, 0.2) is 0 Å². The van der Waals surface area contributed by atoms with Crippen molar-refractivity contribution in [3.8, 4) is 0 Å². The Kier molecular flexibility index (Phi) is 2.04. The van der Waals surface area contributed by atoms with Crippen LogP contribution in [0.1, 0.15) is 27.2 Å². The molecule has 2 atom stereocenters. The molecule has 3 heteroatoms. The van der Waals surface area contributed by atoms with Crippen molar-refractivity contribution in [3.63, 3.8) is 0 Å². The molecule has 1 aliphatic heterocycles. The molecule has 0 fully saturated rings. The molecule has 1 unspecified atom stereocenters. The second-order valence-electron chi connectivity index (χ2n) is 3.19. The number of nitrogens with zero attached hydrogens (tertiary/aromatic N) is 1. The zero-order chi connectivity index (χ0) is 7.78. The smallest absolute Gasteiger partial charge is 0.0575 e. The van der Waals surface area contributed by atoms with Crippen LogP contribution in [0.4, 0.5) is 0 Å². The minimum absolute atomic E-state index is 0.234. The summed E-state index contributed by atoms with van der Waals surface area (Å²) in [7, 11) is -1.79. The average Bonchev–Trinajstić information content (AvgIpc) is 2.13. The van der Waals surface area contributed by atoms with Crippen molar-refractivity contribution in [1.29, 1.82) is 0 Å². The number of hydrogen-bond acceptors (Lipinski definition) is 2. The fraction of sp³-hybridized carbons (Fsp3) is 1.00. The van der Waals surface area contributed by atoms with Gasteiger partial charge in [0.25, 0.3) is 0 Å². The third kappa shape index (κ3) is 1.34. The van der Waals surface area contributed by atoms with Gasteiger partial charge in [-0.05, 0) is 13.3 Å². The zero-order valence-electron chi connectivity index (χ0n) is 6.83. The summed E-state index contributed by atoms with van der Waals surface area (Å²) >= 11 is 0. The Morgan fingerprint density at radius 2 is 2.20 bits per heavy atom. The van der Waals surface area contributed by atoms with Crippen LogP contribution in [0.3, 0.4) is 0 Å². The Bertz CT molecular complexity index is 226. The van der Waals surface area contributed by atoms with E-state index in [-0.39, 0.29) is 5.25 Å². The summed E-state index contributed by atoms with van der Waals surface area (Å²) in [6.07, 6.45) is 1.01. The van der Waals surface area contributed by atoms with Gasteiger partial charge in [0.2, 0.25) is 0 Å². The van der Waals surface area contributed by atoms with Gasteiger partial charge >= 0.3 is 0 Å². The van der Waals surface area contributed by atoms with Crippen LogP contribution in [0.2, 0.25) is 0 Å². The first-order valence-corrected chi connectivity index (χ1v) is 5.52. The topological polar surface area (TPSA) is 29.4 Å². The Morgan fingerprint density at radius 3 is 2.40 bits per heavy atom. The third-order valence-electron chi connectivity index (χ3n) is 1.92. The maximum absolute atomic E-state index is 11.7. The van der Waals surface area contributed by atoms with E-state index in [0.717, 1.165) is 12.2 Å². The molecule has 0 saturated carbocycles. The minimum atomic E-state index is -1.79. The van der Waals surface area contributed by atoms with Crippen LogP contribution >= 0.6 is 0 Å². The first-order chi connectivity index (χ1) is 4.54. The van der Waals surface area contributed by atoms with Crippen molar-refractivity contribution in [3.05, 3.63) is 0 Å². The average molecular weight is 161 g/mol. The van der Waals surface area contributed by atoms with Crippen molar-refractivity contribution in [2.45, 2.75) is 38.5 Å². The molecule has 1 rings (SSSR count). The van der Waals surface area contributed by atoms with Crippen LogP contribution in [0.5, 0.6) is 0 Å². The Balaban J connectivity index is 2.90. The largest absolute Gasteiger partial charge is 0.249 e. The molecule has 0 aliphatic carbocycles. The van der Waals surface area contributed by atoms with Crippen molar-refractivity contribution < 1.29 is 4.21 Å². The summed E-state index contributed by atoms with van der Waals surface area (Å²) in [5.41, 5.74) is 0. The van der Waals surface area contributed by atoms with Crippen molar-refractivity contribution >= 4 is 9.73 Å². The lowest BCUT2D eigenvalue weighted by Crippen LogP contribution is -2.13. The van der Waals surface area contributed by atoms with Crippen LogP contribution in [0.25, 0.3) is 0 Å². The third-order valence-corrected chi connectivity index (χ3v) is 4.93. The molecule has 0 aromatic heterocycles. The predicted molar refractivity (Wildman–Crippen MR) is 44.7 cm³/mol. The Labute approximate surface area is 63.2 Å². The fourth-order valence-corrected chi connectivity index (χ4v) is 3.32. The van der Waals surface area contributed by atoms with Gasteiger partial charge in [0, 0.05) is 20.7 Å². The number of hydrogen-bond donors (Lipinski definition) is 0. The van der Waals surface area contributed by atoms with E-state index < -0.39 is 9.73 Å². The molecule has 0 saturated heterocycles. The quantitative estimate of drug-likeness (QED) is 0.575. The van der Waals surface area contributed by atoms with Gasteiger partial charge in [-0.25, -0.2) is 8.57 Å². The predicted octanol–water partition coefficient (Wildman–Crippen LogP) is 1.66. The first kappa shape index (κ1) is 8.05. The zero-order valence-corrected chi connectivity index (χ0v) is 7.65. The van der Waals surface area contributed by atoms with Crippen LogP contribution in [-0.2, 0) is 9.73 Å². The van der Waals surface area contributed by atoms with Gasteiger partial charge < -0.3 is 0 Å². The highest BCUT2D eigenvalue weighted by Gasteiger charge is 2.22. The van der Waals surface area contributed by atoms with Crippen molar-refractivity contribution in [2.75, 3.05) is 5.75 Å². The van der Waals surface area contributed by atoms with E-state index >= 15 is 0 Å². The monoisotopic (exact) mass is 161 g/mol. The standard InChI is InChI=1S/C7H15NOS/c1-6(2)10(9)5-4-7(3)8-10/h6-7H,4-5H2,1-3H3/t7-,10?/m1/s1. The van der Waals surface area contributed by atoms with E-state index in [4.69, 9.17) is 0 Å². The van der Waals surface area contributed by atoms with Crippen LogP contribution in [-0.4, -0.2) is 21.3 Å². The van der Waals surface area contributed by atoms with E-state index in [1.54, 1.807) is 0 Å². The molecule has 1 aliphatic rings. The summed E-state index contributed by atoms with van der Waals surface area (Å²) < 4.78 is 16.0. The van der Waals surface area contributed by atoms with Gasteiger partial charge in [-0.1, -0.05) is 13.8 Å². The van der Waals surface area contributed by atoms with Crippen molar-refractivity contribution in [1.82, 2.24) is 0 Å². The van der Waals surface area contributed by atoms with Gasteiger partial charge in [0.1, 0.15) is 0 Å². The lowest BCUT2D eigenvalue weighted by atomic mass is 10.3. The van der Waals surface area contributed by atoms with Crippen LogP contribution in [0.15, 0.2) is 4.36 Å². The Hall–Kier alpha value is -0.0500. The molecule has 2 nitrogen and oxygen atoms in total. The van der Waals surface area contributed by atoms with Crippen LogP contribution < -0.4 is 0 Å². The minimum Gasteiger partial charge on any atom is -0.249 e. The second kappa shape index (κ2) is 2.53. The summed E-state index contributed by atoms with van der Waals surface area (Å²) in [5.74, 6) is 0.811. The molecular weight excluding hydrogens is 146 g/mol. The van der Waals surface area contributed by atoms with E-state index in [9.17, 15) is 4.21 Å². The summed E-state index contributed by atoms with van der Waals surface area (Å²) in [4.78, 5) is 0. The molecular formula is C7H15NOS. The van der Waals surface area contributed by atoms with E-state index in [2.05, 4.69) is 4.36 Å². The first-order valence-electron chi connectivity index (χ1n) is 3.77. The fourth-order valence-electron chi connectivity index (χ4n) is 1.11. The summed E-state index contributed by atoms with van der Waals surface area (Å²) in [6, 6.07) is 0.329. The molecule has 60 valence electrons. The highest BCUT2D eigenvalue weighted by atomic mass is 32.2. The second-order valence-corrected chi connectivity index (χ2v) is 6.13. The van der Waals surface area contributed by atoms with Gasteiger partial charge in [-0.15, -0.1) is 0 Å². The molecule has 1 heterocycles. The molecule has 0 bridgehead atoms. The lowest BCUT2D eigenvalue weighted by Gasteiger charge is -2.05. The summed E-state index contributed by atoms with van der Waals surface area (Å²) in [5, 5.41) is 0.234. The molecule has 0 radical (unpaired) electrons. The van der Waals surface area contributed by atoms with E-state index in [1.165, 1.54) is 0 Å². The highest BCUT2D eigenvalue weighted by Crippen LogP contribution is 2.18. The normalized spacial score (nSPS) is 40.2. The summed E-state index contributed by atoms with van der Waals surface area (Å²) in [6.45, 7) is 6.02. The maximum Gasteiger partial charge on any atom is 0.0575 e. The van der Waals surface area contributed by atoms with E-state index in [1.807, 2.05) is 20.8 Å². The molecule has 0 N–H and O–H groups in total. The molecule has 0 amide bonds. The highest BCUT2D eigenvalue weighted by molar-refractivity contribution is 7.94. The van der Waals surface area contributed by atoms with Gasteiger partial charge in [0.05, 0.1) is 6.04 Å². The van der Waals surface area contributed by atoms with Gasteiger partial charge in [-0.2, -0.15) is 0 Å². The van der Waals surface area contributed by atoms with Crippen molar-refractivity contribution in [2.24, 2.45) is 4.36 Å². The van der Waals surface area contributed by atoms with Crippen LogP contribution in [0, 0.1) is 0 Å². The molecule has 10 heavy (non-hydrogen) atoms. The lowest BCUT2D eigenvalue weighted by molar-refractivity contribution is 0.672.